The third-order valence-corrected chi connectivity index (χ3v) is 3.19. The molecule has 0 aromatic heterocycles. The maximum absolute atomic E-state index is 4.61. The second-order valence-electron chi connectivity index (χ2n) is 3.97. The molecule has 0 aromatic rings. The van der Waals surface area contributed by atoms with E-state index in [0.717, 1.165) is 11.8 Å². The van der Waals surface area contributed by atoms with Crippen LogP contribution in [0, 0.1) is 11.8 Å². The Labute approximate surface area is 75.5 Å². The van der Waals surface area contributed by atoms with Gasteiger partial charge in [-0.2, -0.15) is 12.6 Å². The van der Waals surface area contributed by atoms with Crippen molar-refractivity contribution in [2.75, 3.05) is 0 Å². The summed E-state index contributed by atoms with van der Waals surface area (Å²) >= 11 is 4.61. The Bertz CT molecular complexity index is 158. The summed E-state index contributed by atoms with van der Waals surface area (Å²) in [4.78, 5) is 0. The van der Waals surface area contributed by atoms with Gasteiger partial charge in [0.1, 0.15) is 0 Å². The van der Waals surface area contributed by atoms with Crippen LogP contribution >= 0.6 is 12.6 Å². The summed E-state index contributed by atoms with van der Waals surface area (Å²) in [7, 11) is 0. The molecule has 0 amide bonds. The summed E-state index contributed by atoms with van der Waals surface area (Å²) in [6.07, 6.45) is 4.79. The Morgan fingerprint density at radius 1 is 1.55 bits per heavy atom. The fourth-order valence-corrected chi connectivity index (χ4v) is 2.53. The number of hydrogen-bond acceptors (Lipinski definition) is 1. The lowest BCUT2D eigenvalue weighted by Gasteiger charge is -2.29. The molecule has 0 aromatic carbocycles. The Morgan fingerprint density at radius 2 is 2.18 bits per heavy atom. The van der Waals surface area contributed by atoms with Crippen molar-refractivity contribution in [2.45, 2.75) is 38.9 Å². The first kappa shape index (κ1) is 9.18. The van der Waals surface area contributed by atoms with E-state index in [1.165, 1.54) is 18.4 Å². The monoisotopic (exact) mass is 170 g/mol. The molecule has 0 heterocycles. The highest BCUT2D eigenvalue weighted by atomic mass is 32.1. The van der Waals surface area contributed by atoms with Crippen molar-refractivity contribution >= 4 is 12.6 Å². The molecule has 0 saturated heterocycles. The maximum atomic E-state index is 4.61. The van der Waals surface area contributed by atoms with Gasteiger partial charge in [0.05, 0.1) is 0 Å². The first-order valence-electron chi connectivity index (χ1n) is 4.45. The van der Waals surface area contributed by atoms with Crippen molar-refractivity contribution in [1.29, 1.82) is 0 Å². The second kappa shape index (κ2) is 3.66. The molecular weight excluding hydrogens is 152 g/mol. The standard InChI is InChI=1S/C10H18S/c1-7(2)9-5-4-8(3)6-10(9)11/h4,7,9-11H,5-6H2,1-3H3/t9-,10+/m0/s1. The average molecular weight is 170 g/mol. The molecule has 64 valence electrons. The fraction of sp³-hybridized carbons (Fsp3) is 0.800. The Morgan fingerprint density at radius 3 is 2.64 bits per heavy atom. The highest BCUT2D eigenvalue weighted by Gasteiger charge is 2.23. The smallest absolute Gasteiger partial charge is 0.00875 e. The van der Waals surface area contributed by atoms with Crippen LogP contribution in [0.1, 0.15) is 33.6 Å². The van der Waals surface area contributed by atoms with Gasteiger partial charge in [-0.3, -0.25) is 0 Å². The molecule has 1 rings (SSSR count). The third kappa shape index (κ3) is 2.26. The molecule has 1 aliphatic carbocycles. The van der Waals surface area contributed by atoms with Gasteiger partial charge in [0, 0.05) is 5.25 Å². The van der Waals surface area contributed by atoms with Crippen molar-refractivity contribution in [3.63, 3.8) is 0 Å². The highest BCUT2D eigenvalue weighted by molar-refractivity contribution is 7.81. The molecule has 0 bridgehead atoms. The molecule has 0 aliphatic heterocycles. The average Bonchev–Trinajstić information content (AvgIpc) is 1.85. The molecular formula is C10H18S. The summed E-state index contributed by atoms with van der Waals surface area (Å²) in [5.41, 5.74) is 1.52. The van der Waals surface area contributed by atoms with E-state index in [1.54, 1.807) is 0 Å². The molecule has 0 spiro atoms. The zero-order chi connectivity index (χ0) is 8.43. The minimum absolute atomic E-state index is 0.597. The molecule has 0 N–H and O–H groups in total. The highest BCUT2D eigenvalue weighted by Crippen LogP contribution is 2.32. The molecule has 0 saturated carbocycles. The van der Waals surface area contributed by atoms with Crippen LogP contribution in [0.3, 0.4) is 0 Å². The zero-order valence-electron chi connectivity index (χ0n) is 7.67. The summed E-state index contributed by atoms with van der Waals surface area (Å²) in [5.74, 6) is 1.57. The molecule has 11 heavy (non-hydrogen) atoms. The van der Waals surface area contributed by atoms with Crippen LogP contribution in [0.4, 0.5) is 0 Å². The van der Waals surface area contributed by atoms with E-state index < -0.39 is 0 Å². The van der Waals surface area contributed by atoms with Gasteiger partial charge in [0.15, 0.2) is 0 Å². The predicted molar refractivity (Wildman–Crippen MR) is 54.1 cm³/mol. The molecule has 0 unspecified atom stereocenters. The first-order chi connectivity index (χ1) is 5.11. The number of allylic oxidation sites excluding steroid dienone is 2. The van der Waals surface area contributed by atoms with E-state index in [0.29, 0.717) is 5.25 Å². The van der Waals surface area contributed by atoms with Gasteiger partial charge in [0.25, 0.3) is 0 Å². The Balaban J connectivity index is 2.58. The molecule has 2 atom stereocenters. The number of hydrogen-bond donors (Lipinski definition) is 1. The van der Waals surface area contributed by atoms with Crippen molar-refractivity contribution in [3.05, 3.63) is 11.6 Å². The van der Waals surface area contributed by atoms with E-state index in [9.17, 15) is 0 Å². The summed E-state index contributed by atoms with van der Waals surface area (Å²) in [5, 5.41) is 0.597. The normalized spacial score (nSPS) is 32.3. The summed E-state index contributed by atoms with van der Waals surface area (Å²) in [6, 6.07) is 0. The van der Waals surface area contributed by atoms with E-state index in [4.69, 9.17) is 0 Å². The second-order valence-corrected chi connectivity index (χ2v) is 4.63. The zero-order valence-corrected chi connectivity index (χ0v) is 8.57. The lowest BCUT2D eigenvalue weighted by Crippen LogP contribution is -2.23. The van der Waals surface area contributed by atoms with E-state index >= 15 is 0 Å². The van der Waals surface area contributed by atoms with E-state index in [1.807, 2.05) is 0 Å². The van der Waals surface area contributed by atoms with Crippen LogP contribution < -0.4 is 0 Å². The molecule has 1 heteroatoms. The maximum Gasteiger partial charge on any atom is 0.00875 e. The number of rotatable bonds is 1. The van der Waals surface area contributed by atoms with Crippen molar-refractivity contribution in [3.8, 4) is 0 Å². The molecule has 0 fully saturated rings. The van der Waals surface area contributed by atoms with Crippen LogP contribution in [0.25, 0.3) is 0 Å². The minimum Gasteiger partial charge on any atom is -0.175 e. The third-order valence-electron chi connectivity index (χ3n) is 2.62. The fourth-order valence-electron chi connectivity index (χ4n) is 1.78. The molecule has 1 aliphatic rings. The summed E-state index contributed by atoms with van der Waals surface area (Å²) < 4.78 is 0. The van der Waals surface area contributed by atoms with Crippen LogP contribution in [0.15, 0.2) is 11.6 Å². The van der Waals surface area contributed by atoms with Crippen LogP contribution in [-0.4, -0.2) is 5.25 Å². The van der Waals surface area contributed by atoms with Gasteiger partial charge >= 0.3 is 0 Å². The van der Waals surface area contributed by atoms with Crippen molar-refractivity contribution in [1.82, 2.24) is 0 Å². The topological polar surface area (TPSA) is 0 Å². The van der Waals surface area contributed by atoms with Gasteiger partial charge in [-0.15, -0.1) is 0 Å². The van der Waals surface area contributed by atoms with E-state index in [-0.39, 0.29) is 0 Å². The van der Waals surface area contributed by atoms with Crippen molar-refractivity contribution < 1.29 is 0 Å². The predicted octanol–water partition coefficient (Wildman–Crippen LogP) is 3.30. The van der Waals surface area contributed by atoms with Crippen LogP contribution in [0.5, 0.6) is 0 Å². The lowest BCUT2D eigenvalue weighted by molar-refractivity contribution is 0.362. The van der Waals surface area contributed by atoms with Crippen molar-refractivity contribution in [2.24, 2.45) is 11.8 Å². The van der Waals surface area contributed by atoms with Crippen LogP contribution in [-0.2, 0) is 0 Å². The summed E-state index contributed by atoms with van der Waals surface area (Å²) in [6.45, 7) is 6.80. The van der Waals surface area contributed by atoms with Gasteiger partial charge in [-0.1, -0.05) is 25.5 Å². The minimum atomic E-state index is 0.597. The van der Waals surface area contributed by atoms with Gasteiger partial charge in [-0.05, 0) is 31.6 Å². The molecule has 0 radical (unpaired) electrons. The van der Waals surface area contributed by atoms with Crippen LogP contribution in [0.2, 0.25) is 0 Å². The quantitative estimate of drug-likeness (QED) is 0.453. The molecule has 0 nitrogen and oxygen atoms in total. The van der Waals surface area contributed by atoms with Gasteiger partial charge in [-0.25, -0.2) is 0 Å². The Hall–Kier alpha value is 0.0900. The largest absolute Gasteiger partial charge is 0.175 e. The lowest BCUT2D eigenvalue weighted by atomic mass is 9.82. The first-order valence-corrected chi connectivity index (χ1v) is 4.96. The Kier molecular flexibility index (Phi) is 3.06. The SMILES string of the molecule is CC1=CC[C@@H](C(C)C)[C@H](S)C1. The number of thiol groups is 1. The van der Waals surface area contributed by atoms with E-state index in [2.05, 4.69) is 39.5 Å². The van der Waals surface area contributed by atoms with Gasteiger partial charge < -0.3 is 0 Å². The van der Waals surface area contributed by atoms with Gasteiger partial charge in [0.2, 0.25) is 0 Å².